The number of aryl methyl sites for hydroxylation is 1. The Kier molecular flexibility index (Phi) is 5.74. The largest absolute Gasteiger partial charge is 0.271 e. The van der Waals surface area contributed by atoms with Gasteiger partial charge in [-0.3, -0.25) is 11.3 Å². The van der Waals surface area contributed by atoms with E-state index >= 15 is 0 Å². The molecule has 4 nitrogen and oxygen atoms in total. The smallest absolute Gasteiger partial charge is 0.0804 e. The lowest BCUT2D eigenvalue weighted by Gasteiger charge is -2.16. The summed E-state index contributed by atoms with van der Waals surface area (Å²) in [6.45, 7) is 2.12. The number of aromatic nitrogens is 2. The predicted molar refractivity (Wildman–Crippen MR) is 84.1 cm³/mol. The van der Waals surface area contributed by atoms with E-state index in [2.05, 4.69) is 21.9 Å². The van der Waals surface area contributed by atoms with Crippen LogP contribution in [0.25, 0.3) is 0 Å². The van der Waals surface area contributed by atoms with Crippen LogP contribution in [0, 0.1) is 0 Å². The van der Waals surface area contributed by atoms with E-state index in [4.69, 9.17) is 29.0 Å². The van der Waals surface area contributed by atoms with Gasteiger partial charge in [-0.1, -0.05) is 47.1 Å². The molecule has 1 heterocycles. The molecular weight excluding hydrogens is 315 g/mol. The van der Waals surface area contributed by atoms with E-state index < -0.39 is 0 Å². The average molecular weight is 331 g/mol. The second-order valence-corrected chi connectivity index (χ2v) is 6.12. The first-order chi connectivity index (χ1) is 9.65. The minimum atomic E-state index is -0.0461. The maximum absolute atomic E-state index is 6.21. The minimum Gasteiger partial charge on any atom is -0.271 e. The predicted octanol–water partition coefficient (Wildman–Crippen LogP) is 3.54. The van der Waals surface area contributed by atoms with E-state index in [0.29, 0.717) is 16.5 Å². The molecular formula is C13H16Cl2N4S. The third-order valence-corrected chi connectivity index (χ3v) is 4.50. The van der Waals surface area contributed by atoms with Gasteiger partial charge in [0.25, 0.3) is 0 Å². The van der Waals surface area contributed by atoms with E-state index in [1.807, 2.05) is 12.1 Å². The molecule has 0 fully saturated rings. The number of hydrogen-bond acceptors (Lipinski definition) is 5. The van der Waals surface area contributed by atoms with Crippen molar-refractivity contribution in [2.24, 2.45) is 5.84 Å². The highest BCUT2D eigenvalue weighted by Gasteiger charge is 2.19. The van der Waals surface area contributed by atoms with Gasteiger partial charge < -0.3 is 0 Å². The highest BCUT2D eigenvalue weighted by Crippen LogP contribution is 2.28. The first-order valence-corrected chi connectivity index (χ1v) is 7.89. The van der Waals surface area contributed by atoms with Crippen molar-refractivity contribution in [2.45, 2.75) is 32.2 Å². The highest BCUT2D eigenvalue weighted by atomic mass is 35.5. The monoisotopic (exact) mass is 330 g/mol. The van der Waals surface area contributed by atoms with Crippen molar-refractivity contribution in [1.29, 1.82) is 0 Å². The fraction of sp³-hybridized carbons (Fsp3) is 0.385. The van der Waals surface area contributed by atoms with Crippen molar-refractivity contribution >= 4 is 34.7 Å². The molecule has 0 aliphatic carbocycles. The molecule has 0 bridgehead atoms. The summed E-state index contributed by atoms with van der Waals surface area (Å²) >= 11 is 13.5. The van der Waals surface area contributed by atoms with Crippen LogP contribution in [0.5, 0.6) is 0 Å². The standard InChI is InChI=1S/C13H16Cl2N4S/c1-2-3-11-13(20-19-18-11)12(17-16)6-8-4-5-9(14)7-10(8)15/h4-5,7,12,17H,2-3,6,16H2,1H3. The molecule has 2 aromatic rings. The zero-order valence-corrected chi connectivity index (χ0v) is 13.4. The summed E-state index contributed by atoms with van der Waals surface area (Å²) in [6, 6.07) is 5.44. The van der Waals surface area contributed by atoms with Gasteiger partial charge in [-0.05, 0) is 42.1 Å². The number of hydrogen-bond donors (Lipinski definition) is 2. The van der Waals surface area contributed by atoms with E-state index in [9.17, 15) is 0 Å². The van der Waals surface area contributed by atoms with Gasteiger partial charge in [0.2, 0.25) is 0 Å². The van der Waals surface area contributed by atoms with Crippen molar-refractivity contribution in [2.75, 3.05) is 0 Å². The Hall–Kier alpha value is -0.720. The topological polar surface area (TPSA) is 63.8 Å². The lowest BCUT2D eigenvalue weighted by molar-refractivity contribution is 0.554. The van der Waals surface area contributed by atoms with Gasteiger partial charge in [-0.25, -0.2) is 0 Å². The molecule has 1 atom stereocenters. The van der Waals surface area contributed by atoms with Gasteiger partial charge in [0.05, 0.1) is 16.6 Å². The van der Waals surface area contributed by atoms with Crippen molar-refractivity contribution in [1.82, 2.24) is 15.0 Å². The zero-order chi connectivity index (χ0) is 14.5. The number of halogens is 2. The summed E-state index contributed by atoms with van der Waals surface area (Å²) in [5, 5.41) is 5.44. The molecule has 0 radical (unpaired) electrons. The molecule has 0 spiro atoms. The quantitative estimate of drug-likeness (QED) is 0.628. The number of nitrogens with zero attached hydrogens (tertiary/aromatic N) is 2. The Balaban J connectivity index is 2.22. The summed E-state index contributed by atoms with van der Waals surface area (Å²) in [6.07, 6.45) is 2.60. The second-order valence-electron chi connectivity index (χ2n) is 4.49. The number of nitrogens with two attached hydrogens (primary N) is 1. The Labute approximate surface area is 132 Å². The van der Waals surface area contributed by atoms with Gasteiger partial charge in [0.15, 0.2) is 0 Å². The van der Waals surface area contributed by atoms with Gasteiger partial charge in [-0.15, -0.1) is 5.10 Å². The lowest BCUT2D eigenvalue weighted by Crippen LogP contribution is -2.29. The molecule has 7 heteroatoms. The molecule has 1 aromatic carbocycles. The molecule has 0 amide bonds. The van der Waals surface area contributed by atoms with Crippen molar-refractivity contribution < 1.29 is 0 Å². The normalized spacial score (nSPS) is 12.6. The van der Waals surface area contributed by atoms with Crippen molar-refractivity contribution in [3.05, 3.63) is 44.4 Å². The fourth-order valence-electron chi connectivity index (χ4n) is 2.02. The summed E-state index contributed by atoms with van der Waals surface area (Å²) in [7, 11) is 0. The number of nitrogens with one attached hydrogen (secondary N) is 1. The van der Waals surface area contributed by atoms with E-state index in [1.54, 1.807) is 6.07 Å². The molecule has 0 aliphatic rings. The first kappa shape index (κ1) is 15.7. The molecule has 20 heavy (non-hydrogen) atoms. The summed E-state index contributed by atoms with van der Waals surface area (Å²) < 4.78 is 4.03. The molecule has 1 aromatic heterocycles. The SMILES string of the molecule is CCCc1nnsc1C(Cc1ccc(Cl)cc1Cl)NN. The number of benzene rings is 1. The third-order valence-electron chi connectivity index (χ3n) is 3.03. The minimum absolute atomic E-state index is 0.0461. The van der Waals surface area contributed by atoms with E-state index in [-0.39, 0.29) is 6.04 Å². The van der Waals surface area contributed by atoms with Crippen LogP contribution in [-0.2, 0) is 12.8 Å². The third kappa shape index (κ3) is 3.68. The molecule has 0 saturated heterocycles. The van der Waals surface area contributed by atoms with Gasteiger partial charge in [0.1, 0.15) is 0 Å². The first-order valence-electron chi connectivity index (χ1n) is 6.36. The van der Waals surface area contributed by atoms with Gasteiger partial charge in [-0.2, -0.15) is 0 Å². The number of rotatable bonds is 6. The van der Waals surface area contributed by atoms with Crippen LogP contribution in [0.15, 0.2) is 18.2 Å². The Morgan fingerprint density at radius 3 is 2.85 bits per heavy atom. The summed E-state index contributed by atoms with van der Waals surface area (Å²) in [4.78, 5) is 1.07. The fourth-order valence-corrected chi connectivity index (χ4v) is 3.26. The Bertz CT molecular complexity index is 573. The van der Waals surface area contributed by atoms with Gasteiger partial charge >= 0.3 is 0 Å². The number of hydrazine groups is 1. The van der Waals surface area contributed by atoms with E-state index in [1.165, 1.54) is 11.5 Å². The molecule has 3 N–H and O–H groups in total. The zero-order valence-electron chi connectivity index (χ0n) is 11.1. The summed E-state index contributed by atoms with van der Waals surface area (Å²) in [5.41, 5.74) is 4.83. The molecule has 2 rings (SSSR count). The van der Waals surface area contributed by atoms with Crippen LogP contribution >= 0.6 is 34.7 Å². The maximum atomic E-state index is 6.21. The highest BCUT2D eigenvalue weighted by molar-refractivity contribution is 7.05. The lowest BCUT2D eigenvalue weighted by atomic mass is 10.0. The molecule has 0 aliphatic heterocycles. The van der Waals surface area contributed by atoms with Crippen LogP contribution in [0.4, 0.5) is 0 Å². The summed E-state index contributed by atoms with van der Waals surface area (Å²) in [5.74, 6) is 5.69. The molecule has 1 unspecified atom stereocenters. The van der Waals surface area contributed by atoms with Crippen LogP contribution < -0.4 is 11.3 Å². The van der Waals surface area contributed by atoms with Crippen molar-refractivity contribution in [3.8, 4) is 0 Å². The average Bonchev–Trinajstić information content (AvgIpc) is 2.87. The van der Waals surface area contributed by atoms with Crippen LogP contribution in [0.1, 0.15) is 35.5 Å². The molecule has 0 saturated carbocycles. The van der Waals surface area contributed by atoms with Crippen LogP contribution in [-0.4, -0.2) is 9.59 Å². The van der Waals surface area contributed by atoms with Gasteiger partial charge in [0, 0.05) is 10.0 Å². The Morgan fingerprint density at radius 1 is 1.40 bits per heavy atom. The maximum Gasteiger partial charge on any atom is 0.0804 e. The van der Waals surface area contributed by atoms with Crippen LogP contribution in [0.2, 0.25) is 10.0 Å². The second kappa shape index (κ2) is 7.33. The Morgan fingerprint density at radius 2 is 2.20 bits per heavy atom. The van der Waals surface area contributed by atoms with Crippen molar-refractivity contribution in [3.63, 3.8) is 0 Å². The molecule has 108 valence electrons. The van der Waals surface area contributed by atoms with E-state index in [0.717, 1.165) is 29.0 Å². The van der Waals surface area contributed by atoms with Crippen LogP contribution in [0.3, 0.4) is 0 Å².